The molecule has 42 heavy (non-hydrogen) atoms. The van der Waals surface area contributed by atoms with E-state index in [-0.39, 0.29) is 28.3 Å². The highest BCUT2D eigenvalue weighted by Gasteiger charge is 2.35. The van der Waals surface area contributed by atoms with E-state index in [2.05, 4.69) is 4.99 Å². The number of carbonyl (C=O) groups excluding carboxylic acids is 1. The van der Waals surface area contributed by atoms with Crippen molar-refractivity contribution in [3.8, 4) is 22.8 Å². The van der Waals surface area contributed by atoms with E-state index in [1.54, 1.807) is 56.3 Å². The molecule has 0 saturated carbocycles. The zero-order valence-electron chi connectivity index (χ0n) is 23.5. The second-order valence-corrected chi connectivity index (χ2v) is 10.4. The SMILES string of the molecule is CCOC(=O)C1=C(C)N=c2s/c(=C\c3ccc(-c4cc([N+](=O)O)ccc4C)o3)c(=O)n2C1c1ccc(OC)cc1OC. The van der Waals surface area contributed by atoms with Crippen molar-refractivity contribution in [2.45, 2.75) is 26.8 Å². The van der Waals surface area contributed by atoms with Gasteiger partial charge in [-0.3, -0.25) is 9.36 Å². The maximum absolute atomic E-state index is 13.9. The smallest absolute Gasteiger partial charge is 0.338 e. The van der Waals surface area contributed by atoms with Gasteiger partial charge in [0.25, 0.3) is 10.5 Å². The molecule has 5 rings (SSSR count). The summed E-state index contributed by atoms with van der Waals surface area (Å²) in [6.07, 6.45) is 1.60. The van der Waals surface area contributed by atoms with Crippen LogP contribution in [-0.4, -0.2) is 41.5 Å². The first-order chi connectivity index (χ1) is 20.2. The van der Waals surface area contributed by atoms with Crippen molar-refractivity contribution in [1.29, 1.82) is 0 Å². The Kier molecular flexibility index (Phi) is 7.81. The molecule has 1 aliphatic rings. The molecular formula is C30H28N3O8S+. The monoisotopic (exact) mass is 590 g/mol. The van der Waals surface area contributed by atoms with Crippen molar-refractivity contribution in [3.63, 3.8) is 0 Å². The highest BCUT2D eigenvalue weighted by molar-refractivity contribution is 7.07. The molecular weight excluding hydrogens is 562 g/mol. The van der Waals surface area contributed by atoms with E-state index in [1.165, 1.54) is 30.9 Å². The van der Waals surface area contributed by atoms with Crippen LogP contribution in [0.15, 0.2) is 74.0 Å². The predicted molar refractivity (Wildman–Crippen MR) is 154 cm³/mol. The summed E-state index contributed by atoms with van der Waals surface area (Å²) in [4.78, 5) is 43.3. The van der Waals surface area contributed by atoms with Crippen LogP contribution in [0.2, 0.25) is 0 Å². The molecule has 3 heterocycles. The van der Waals surface area contributed by atoms with Gasteiger partial charge in [-0.1, -0.05) is 17.4 Å². The van der Waals surface area contributed by atoms with Crippen LogP contribution in [0, 0.1) is 11.8 Å². The number of thiazole rings is 1. The fourth-order valence-electron chi connectivity index (χ4n) is 4.83. The minimum Gasteiger partial charge on any atom is -0.497 e. The number of rotatable bonds is 8. The summed E-state index contributed by atoms with van der Waals surface area (Å²) in [5.74, 6) is 1.25. The number of esters is 1. The summed E-state index contributed by atoms with van der Waals surface area (Å²) in [6.45, 7) is 5.42. The van der Waals surface area contributed by atoms with Gasteiger partial charge in [-0.15, -0.1) is 0 Å². The molecule has 216 valence electrons. The molecule has 0 saturated heterocycles. The van der Waals surface area contributed by atoms with Crippen LogP contribution in [-0.2, 0) is 9.53 Å². The molecule has 1 unspecified atom stereocenters. The maximum atomic E-state index is 13.9. The molecule has 0 aliphatic carbocycles. The van der Waals surface area contributed by atoms with Crippen LogP contribution < -0.4 is 24.4 Å². The minimum atomic E-state index is -0.866. The van der Waals surface area contributed by atoms with Gasteiger partial charge in [0.2, 0.25) is 0 Å². The third kappa shape index (κ3) is 5.12. The first-order valence-corrected chi connectivity index (χ1v) is 13.8. The summed E-state index contributed by atoms with van der Waals surface area (Å²) in [5.41, 5.74) is 2.34. The number of hydrogen-bond donors (Lipinski definition) is 1. The largest absolute Gasteiger partial charge is 0.497 e. The Balaban J connectivity index is 1.66. The summed E-state index contributed by atoms with van der Waals surface area (Å²) in [5, 5.41) is 9.31. The van der Waals surface area contributed by atoms with Crippen LogP contribution in [0.4, 0.5) is 5.69 Å². The quantitative estimate of drug-likeness (QED) is 0.239. The molecule has 1 atom stereocenters. The Morgan fingerprint density at radius 1 is 1.14 bits per heavy atom. The topological polar surface area (TPSA) is 133 Å². The van der Waals surface area contributed by atoms with Gasteiger partial charge in [0.05, 0.1) is 41.5 Å². The first kappa shape index (κ1) is 28.6. The lowest BCUT2D eigenvalue weighted by Crippen LogP contribution is -2.40. The van der Waals surface area contributed by atoms with Crippen molar-refractivity contribution >= 4 is 29.1 Å². The van der Waals surface area contributed by atoms with Crippen LogP contribution in [0.5, 0.6) is 11.5 Å². The molecule has 1 N–H and O–H groups in total. The number of furan rings is 1. The number of allylic oxidation sites excluding steroid dienone is 1. The number of nitrogens with zero attached hydrogens (tertiary/aromatic N) is 3. The third-order valence-corrected chi connectivity index (χ3v) is 7.84. The molecule has 4 aromatic rings. The van der Waals surface area contributed by atoms with Crippen LogP contribution in [0.3, 0.4) is 0 Å². The van der Waals surface area contributed by atoms with Gasteiger partial charge in [0.1, 0.15) is 29.1 Å². The van der Waals surface area contributed by atoms with Gasteiger partial charge < -0.3 is 18.6 Å². The van der Waals surface area contributed by atoms with Gasteiger partial charge in [-0.2, -0.15) is 0 Å². The number of fused-ring (bicyclic) bond motifs is 1. The highest BCUT2D eigenvalue weighted by atomic mass is 32.1. The molecule has 0 fully saturated rings. The summed E-state index contributed by atoms with van der Waals surface area (Å²) in [7, 11) is 3.04. The van der Waals surface area contributed by atoms with E-state index in [1.807, 2.05) is 6.92 Å². The zero-order chi connectivity index (χ0) is 30.1. The lowest BCUT2D eigenvalue weighted by Gasteiger charge is -2.26. The van der Waals surface area contributed by atoms with Crippen molar-refractivity contribution < 1.29 is 33.6 Å². The van der Waals surface area contributed by atoms with Gasteiger partial charge >= 0.3 is 11.7 Å². The fourth-order valence-corrected chi connectivity index (χ4v) is 5.86. The summed E-state index contributed by atoms with van der Waals surface area (Å²) < 4.78 is 24.1. The molecule has 0 radical (unpaired) electrons. The van der Waals surface area contributed by atoms with Gasteiger partial charge in [0, 0.05) is 35.4 Å². The number of methoxy groups -OCH3 is 2. The Hall–Kier alpha value is -4.97. The van der Waals surface area contributed by atoms with Crippen LogP contribution in [0.25, 0.3) is 17.4 Å². The van der Waals surface area contributed by atoms with E-state index in [4.69, 9.17) is 18.6 Å². The lowest BCUT2D eigenvalue weighted by atomic mass is 9.95. The normalized spacial score (nSPS) is 14.8. The minimum absolute atomic E-state index is 0.0589. The average molecular weight is 591 g/mol. The number of aromatic nitrogens is 1. The Morgan fingerprint density at radius 3 is 2.62 bits per heavy atom. The first-order valence-electron chi connectivity index (χ1n) is 12.9. The van der Waals surface area contributed by atoms with Crippen LogP contribution >= 0.6 is 11.3 Å². The maximum Gasteiger partial charge on any atom is 0.338 e. The molecule has 0 spiro atoms. The number of aryl methyl sites for hydroxylation is 1. The zero-order valence-corrected chi connectivity index (χ0v) is 24.4. The number of carbonyl (C=O) groups is 1. The number of ether oxygens (including phenoxy) is 3. The second kappa shape index (κ2) is 11.5. The van der Waals surface area contributed by atoms with Crippen molar-refractivity contribution in [2.24, 2.45) is 4.99 Å². The molecule has 12 heteroatoms. The van der Waals surface area contributed by atoms with Gasteiger partial charge in [-0.25, -0.2) is 15.0 Å². The van der Waals surface area contributed by atoms with Crippen molar-refractivity contribution in [2.75, 3.05) is 20.8 Å². The fraction of sp³-hybridized carbons (Fsp3) is 0.233. The van der Waals surface area contributed by atoms with Gasteiger partial charge in [-0.05, 0) is 50.6 Å². The van der Waals surface area contributed by atoms with E-state index in [0.717, 1.165) is 16.9 Å². The molecule has 1 aliphatic heterocycles. The molecule has 2 aromatic heterocycles. The molecule has 0 bridgehead atoms. The lowest BCUT2D eigenvalue weighted by molar-refractivity contribution is -0.729. The summed E-state index contributed by atoms with van der Waals surface area (Å²) in [6, 6.07) is 12.4. The van der Waals surface area contributed by atoms with Gasteiger partial charge in [0.15, 0.2) is 4.80 Å². The van der Waals surface area contributed by atoms with E-state index < -0.39 is 12.0 Å². The molecule has 2 aromatic carbocycles. The van der Waals surface area contributed by atoms with E-state index in [9.17, 15) is 19.7 Å². The van der Waals surface area contributed by atoms with Crippen LogP contribution in [0.1, 0.15) is 36.8 Å². The molecule has 11 nitrogen and oxygen atoms in total. The average Bonchev–Trinajstić information content (AvgIpc) is 3.56. The third-order valence-electron chi connectivity index (χ3n) is 6.86. The van der Waals surface area contributed by atoms with E-state index in [0.29, 0.717) is 49.2 Å². The van der Waals surface area contributed by atoms with Crippen molar-refractivity contribution in [3.05, 3.63) is 101 Å². The number of benzene rings is 2. The van der Waals surface area contributed by atoms with E-state index >= 15 is 0 Å². The van der Waals surface area contributed by atoms with Crippen molar-refractivity contribution in [1.82, 2.24) is 4.57 Å². The standard InChI is InChI=1S/C30H28N3O8S/c1-6-40-29(35)26-17(3)31-30-32(27(26)21-11-9-19(38-4)14-24(21)39-5)28(34)25(42-30)15-20-10-12-23(41-20)22-13-18(33(36)37)8-7-16(22)2/h7-15,27H,6H2,1-5H3,(H,36,37)/q+1/b25-15-. The Labute approximate surface area is 243 Å². The predicted octanol–water partition coefficient (Wildman–Crippen LogP) is 4.18. The Bertz CT molecular complexity index is 1930. The Morgan fingerprint density at radius 2 is 1.93 bits per heavy atom. The second-order valence-electron chi connectivity index (χ2n) is 9.38. The molecule has 0 amide bonds. The number of hydrogen-bond acceptors (Lipinski definition) is 9. The highest BCUT2D eigenvalue weighted by Crippen LogP contribution is 2.37. The summed E-state index contributed by atoms with van der Waals surface area (Å²) >= 11 is 1.16.